The highest BCUT2D eigenvalue weighted by atomic mass is 16.2. The second-order valence-corrected chi connectivity index (χ2v) is 3.88. The number of amides is 2. The fraction of sp³-hybridized carbons (Fsp3) is 0.900. The van der Waals surface area contributed by atoms with Crippen molar-refractivity contribution in [3.8, 4) is 0 Å². The van der Waals surface area contributed by atoms with Crippen LogP contribution in [0.25, 0.3) is 0 Å². The van der Waals surface area contributed by atoms with Crippen molar-refractivity contribution in [3.05, 3.63) is 0 Å². The highest BCUT2D eigenvalue weighted by molar-refractivity contribution is 5.74. The van der Waals surface area contributed by atoms with E-state index in [2.05, 4.69) is 24.2 Å². The van der Waals surface area contributed by atoms with Crippen molar-refractivity contribution in [1.29, 1.82) is 0 Å². The minimum Gasteiger partial charge on any atom is -0.338 e. The molecule has 0 radical (unpaired) electrons. The maximum absolute atomic E-state index is 11.6. The number of hydrogen-bond donors (Lipinski definition) is 1. The summed E-state index contributed by atoms with van der Waals surface area (Å²) in [6.45, 7) is 6.67. The second-order valence-electron chi connectivity index (χ2n) is 3.88. The third-order valence-corrected chi connectivity index (χ3v) is 2.53. The largest absolute Gasteiger partial charge is 0.338 e. The quantitative estimate of drug-likeness (QED) is 0.712. The maximum atomic E-state index is 11.6. The fourth-order valence-corrected chi connectivity index (χ4v) is 1.59. The van der Waals surface area contributed by atoms with Gasteiger partial charge in [-0.15, -0.1) is 0 Å². The van der Waals surface area contributed by atoms with Gasteiger partial charge in [0.15, 0.2) is 0 Å². The number of carbonyl (C=O) groups excluding carboxylic acids is 1. The van der Waals surface area contributed by atoms with Crippen LogP contribution >= 0.6 is 0 Å². The monoisotopic (exact) mass is 199 g/mol. The zero-order chi connectivity index (χ0) is 10.4. The third-order valence-electron chi connectivity index (χ3n) is 2.53. The first kappa shape index (κ1) is 11.3. The summed E-state index contributed by atoms with van der Waals surface area (Å²) >= 11 is 0. The Kier molecular flexibility index (Phi) is 4.73. The van der Waals surface area contributed by atoms with Gasteiger partial charge in [-0.2, -0.15) is 0 Å². The first-order valence-corrected chi connectivity index (χ1v) is 5.45. The molecule has 0 saturated carbocycles. The predicted molar refractivity (Wildman–Crippen MR) is 57.4 cm³/mol. The Labute approximate surface area is 86.2 Å². The zero-order valence-corrected chi connectivity index (χ0v) is 9.25. The SMILES string of the molecule is CCCNC(=O)N1CCCN(C)CC1. The van der Waals surface area contributed by atoms with Crippen molar-refractivity contribution >= 4 is 6.03 Å². The first-order chi connectivity index (χ1) is 6.74. The van der Waals surface area contributed by atoms with E-state index < -0.39 is 0 Å². The maximum Gasteiger partial charge on any atom is 0.317 e. The molecule has 82 valence electrons. The summed E-state index contributed by atoms with van der Waals surface area (Å²) in [6.07, 6.45) is 2.08. The van der Waals surface area contributed by atoms with Crippen molar-refractivity contribution in [2.45, 2.75) is 19.8 Å². The molecule has 0 spiro atoms. The summed E-state index contributed by atoms with van der Waals surface area (Å²) < 4.78 is 0. The van der Waals surface area contributed by atoms with Crippen LogP contribution in [0, 0.1) is 0 Å². The van der Waals surface area contributed by atoms with Gasteiger partial charge in [0.2, 0.25) is 0 Å². The van der Waals surface area contributed by atoms with E-state index in [4.69, 9.17) is 0 Å². The Morgan fingerprint density at radius 3 is 2.79 bits per heavy atom. The Bertz CT molecular complexity index is 184. The molecule has 0 aromatic heterocycles. The summed E-state index contributed by atoms with van der Waals surface area (Å²) in [6, 6.07) is 0.0992. The molecule has 0 aliphatic carbocycles. The fourth-order valence-electron chi connectivity index (χ4n) is 1.59. The molecule has 1 aliphatic heterocycles. The highest BCUT2D eigenvalue weighted by Crippen LogP contribution is 2.00. The molecule has 2 amide bonds. The van der Waals surface area contributed by atoms with E-state index in [9.17, 15) is 4.79 Å². The van der Waals surface area contributed by atoms with Crippen LogP contribution in [-0.4, -0.2) is 55.6 Å². The number of likely N-dealkylation sites (N-methyl/N-ethyl adjacent to an activating group) is 1. The number of urea groups is 1. The molecule has 1 heterocycles. The number of rotatable bonds is 2. The van der Waals surface area contributed by atoms with Crippen molar-refractivity contribution in [2.75, 3.05) is 39.8 Å². The molecule has 1 fully saturated rings. The molecule has 1 saturated heterocycles. The van der Waals surface area contributed by atoms with E-state index in [1.165, 1.54) is 0 Å². The lowest BCUT2D eigenvalue weighted by Crippen LogP contribution is -2.42. The molecule has 0 aromatic rings. The highest BCUT2D eigenvalue weighted by Gasteiger charge is 2.16. The lowest BCUT2D eigenvalue weighted by molar-refractivity contribution is 0.199. The van der Waals surface area contributed by atoms with Gasteiger partial charge >= 0.3 is 6.03 Å². The van der Waals surface area contributed by atoms with Crippen LogP contribution < -0.4 is 5.32 Å². The molecule has 0 bridgehead atoms. The van der Waals surface area contributed by atoms with Crippen LogP contribution in [0.15, 0.2) is 0 Å². The molecule has 1 aliphatic rings. The van der Waals surface area contributed by atoms with Gasteiger partial charge in [-0.3, -0.25) is 0 Å². The molecule has 14 heavy (non-hydrogen) atoms. The number of carbonyl (C=O) groups is 1. The molecule has 4 heteroatoms. The summed E-state index contributed by atoms with van der Waals surface area (Å²) in [5, 5.41) is 2.91. The number of nitrogens with zero attached hydrogens (tertiary/aromatic N) is 2. The number of hydrogen-bond acceptors (Lipinski definition) is 2. The van der Waals surface area contributed by atoms with Crippen molar-refractivity contribution < 1.29 is 4.79 Å². The van der Waals surface area contributed by atoms with Gasteiger partial charge in [-0.1, -0.05) is 6.92 Å². The van der Waals surface area contributed by atoms with Gasteiger partial charge in [-0.05, 0) is 26.4 Å². The molecule has 0 atom stereocenters. The van der Waals surface area contributed by atoms with Crippen LogP contribution in [0.1, 0.15) is 19.8 Å². The first-order valence-electron chi connectivity index (χ1n) is 5.45. The Morgan fingerprint density at radius 1 is 1.29 bits per heavy atom. The van der Waals surface area contributed by atoms with Gasteiger partial charge in [0, 0.05) is 26.2 Å². The number of nitrogens with one attached hydrogen (secondary N) is 1. The summed E-state index contributed by atoms with van der Waals surface area (Å²) in [5.74, 6) is 0. The van der Waals surface area contributed by atoms with Crippen molar-refractivity contribution in [2.24, 2.45) is 0 Å². The van der Waals surface area contributed by atoms with E-state index in [1.807, 2.05) is 4.90 Å². The minimum absolute atomic E-state index is 0.0992. The second kappa shape index (κ2) is 5.86. The van der Waals surface area contributed by atoms with E-state index in [0.717, 1.165) is 45.6 Å². The van der Waals surface area contributed by atoms with Crippen molar-refractivity contribution in [1.82, 2.24) is 15.1 Å². The van der Waals surface area contributed by atoms with Crippen molar-refractivity contribution in [3.63, 3.8) is 0 Å². The Balaban J connectivity index is 2.31. The van der Waals surface area contributed by atoms with E-state index in [-0.39, 0.29) is 6.03 Å². The molecule has 0 aromatic carbocycles. The van der Waals surface area contributed by atoms with Crippen LogP contribution in [0.5, 0.6) is 0 Å². The standard InChI is InChI=1S/C10H21N3O/c1-3-5-11-10(14)13-7-4-6-12(2)8-9-13/h3-9H2,1-2H3,(H,11,14). The molecule has 1 rings (SSSR count). The van der Waals surface area contributed by atoms with Crippen LogP contribution in [0.3, 0.4) is 0 Å². The van der Waals surface area contributed by atoms with Gasteiger partial charge in [0.05, 0.1) is 0 Å². The van der Waals surface area contributed by atoms with Gasteiger partial charge in [-0.25, -0.2) is 4.79 Å². The molecular weight excluding hydrogens is 178 g/mol. The van der Waals surface area contributed by atoms with Gasteiger partial charge in [0.1, 0.15) is 0 Å². The zero-order valence-electron chi connectivity index (χ0n) is 9.25. The lowest BCUT2D eigenvalue weighted by Gasteiger charge is -2.20. The molecule has 4 nitrogen and oxygen atoms in total. The summed E-state index contributed by atoms with van der Waals surface area (Å²) in [4.78, 5) is 15.8. The average molecular weight is 199 g/mol. The van der Waals surface area contributed by atoms with Crippen LogP contribution in [0.4, 0.5) is 4.79 Å². The molecular formula is C10H21N3O. The summed E-state index contributed by atoms with van der Waals surface area (Å²) in [7, 11) is 2.10. The lowest BCUT2D eigenvalue weighted by atomic mass is 10.4. The van der Waals surface area contributed by atoms with E-state index >= 15 is 0 Å². The Hall–Kier alpha value is -0.770. The predicted octanol–water partition coefficient (Wildman–Crippen LogP) is 0.744. The third kappa shape index (κ3) is 3.54. The van der Waals surface area contributed by atoms with Gasteiger partial charge < -0.3 is 15.1 Å². The van der Waals surface area contributed by atoms with Crippen LogP contribution in [-0.2, 0) is 0 Å². The molecule has 0 unspecified atom stereocenters. The molecule has 1 N–H and O–H groups in total. The van der Waals surface area contributed by atoms with Crippen LogP contribution in [0.2, 0.25) is 0 Å². The minimum atomic E-state index is 0.0992. The Morgan fingerprint density at radius 2 is 2.07 bits per heavy atom. The normalized spacial score (nSPS) is 19.1. The van der Waals surface area contributed by atoms with E-state index in [0.29, 0.717) is 0 Å². The average Bonchev–Trinajstić information content (AvgIpc) is 2.39. The smallest absolute Gasteiger partial charge is 0.317 e. The van der Waals surface area contributed by atoms with Gasteiger partial charge in [0.25, 0.3) is 0 Å². The topological polar surface area (TPSA) is 35.6 Å². The van der Waals surface area contributed by atoms with E-state index in [1.54, 1.807) is 0 Å². The summed E-state index contributed by atoms with van der Waals surface area (Å²) in [5.41, 5.74) is 0.